The maximum absolute atomic E-state index is 9.64. The number of aliphatic hydroxyl groups is 1. The molecule has 0 radical (unpaired) electrons. The average molecular weight is 150 g/mol. The Bertz CT molecular complexity index is 252. The molecule has 0 saturated carbocycles. The molecule has 2 nitrogen and oxygen atoms in total. The molecule has 1 rings (SSSR count). The summed E-state index contributed by atoms with van der Waals surface area (Å²) < 4.78 is 5.01. The molecule has 0 saturated heterocycles. The van der Waals surface area contributed by atoms with Crippen molar-refractivity contribution in [2.45, 2.75) is 18.9 Å². The van der Waals surface area contributed by atoms with E-state index in [0.717, 1.165) is 0 Å². The summed E-state index contributed by atoms with van der Waals surface area (Å²) in [5, 5.41) is 9.64. The SMILES string of the molecule is C#CC[C@](C)(O)c1ccco1. The molecule has 1 heterocycles. The van der Waals surface area contributed by atoms with Crippen LogP contribution < -0.4 is 0 Å². The summed E-state index contributed by atoms with van der Waals surface area (Å²) in [6.07, 6.45) is 6.85. The molecule has 0 aliphatic carbocycles. The van der Waals surface area contributed by atoms with E-state index >= 15 is 0 Å². The topological polar surface area (TPSA) is 33.4 Å². The lowest BCUT2D eigenvalue weighted by Crippen LogP contribution is -2.18. The van der Waals surface area contributed by atoms with Crippen molar-refractivity contribution in [3.8, 4) is 12.3 Å². The van der Waals surface area contributed by atoms with Crippen LogP contribution in [0, 0.1) is 12.3 Å². The van der Waals surface area contributed by atoms with E-state index in [9.17, 15) is 5.11 Å². The summed E-state index contributed by atoms with van der Waals surface area (Å²) in [4.78, 5) is 0. The number of rotatable bonds is 2. The first-order valence-electron chi connectivity index (χ1n) is 3.36. The van der Waals surface area contributed by atoms with Gasteiger partial charge in [0.05, 0.1) is 6.26 Å². The monoisotopic (exact) mass is 150 g/mol. The third-order valence-electron chi connectivity index (χ3n) is 1.50. The van der Waals surface area contributed by atoms with Gasteiger partial charge in [-0.25, -0.2) is 0 Å². The highest BCUT2D eigenvalue weighted by atomic mass is 16.4. The van der Waals surface area contributed by atoms with Crippen LogP contribution in [-0.4, -0.2) is 5.11 Å². The van der Waals surface area contributed by atoms with Crippen molar-refractivity contribution < 1.29 is 9.52 Å². The maximum atomic E-state index is 9.64. The highest BCUT2D eigenvalue weighted by Gasteiger charge is 2.24. The molecule has 0 unspecified atom stereocenters. The van der Waals surface area contributed by atoms with Crippen LogP contribution in [-0.2, 0) is 5.60 Å². The van der Waals surface area contributed by atoms with Gasteiger partial charge in [-0.2, -0.15) is 0 Å². The molecule has 0 aliphatic rings. The fourth-order valence-electron chi connectivity index (χ4n) is 0.871. The number of hydrogen-bond acceptors (Lipinski definition) is 2. The summed E-state index contributed by atoms with van der Waals surface area (Å²) in [6.45, 7) is 1.63. The third kappa shape index (κ3) is 1.63. The molecular formula is C9H10O2. The van der Waals surface area contributed by atoms with Crippen LogP contribution in [0.15, 0.2) is 22.8 Å². The zero-order valence-electron chi connectivity index (χ0n) is 6.37. The summed E-state index contributed by atoms with van der Waals surface area (Å²) in [6, 6.07) is 3.43. The molecule has 1 aromatic heterocycles. The lowest BCUT2D eigenvalue weighted by Gasteiger charge is -2.16. The zero-order chi connectivity index (χ0) is 8.32. The second-order valence-corrected chi connectivity index (χ2v) is 2.63. The fourth-order valence-corrected chi connectivity index (χ4v) is 0.871. The summed E-state index contributed by atoms with van der Waals surface area (Å²) in [5.41, 5.74) is -1.03. The highest BCUT2D eigenvalue weighted by Crippen LogP contribution is 2.23. The molecule has 58 valence electrons. The molecule has 0 bridgehead atoms. The van der Waals surface area contributed by atoms with Crippen LogP contribution >= 0.6 is 0 Å². The molecule has 0 spiro atoms. The molecule has 0 aromatic carbocycles. The normalized spacial score (nSPS) is 15.4. The summed E-state index contributed by atoms with van der Waals surface area (Å²) >= 11 is 0. The Balaban J connectivity index is 2.83. The van der Waals surface area contributed by atoms with Gasteiger partial charge in [-0.15, -0.1) is 12.3 Å². The predicted octanol–water partition coefficient (Wildman–Crippen LogP) is 1.51. The van der Waals surface area contributed by atoms with E-state index in [1.54, 1.807) is 19.1 Å². The van der Waals surface area contributed by atoms with Gasteiger partial charge in [0.25, 0.3) is 0 Å². The van der Waals surface area contributed by atoms with Gasteiger partial charge in [0.15, 0.2) is 0 Å². The molecule has 0 amide bonds. The van der Waals surface area contributed by atoms with Crippen molar-refractivity contribution in [2.24, 2.45) is 0 Å². The van der Waals surface area contributed by atoms with Crippen LogP contribution in [0.2, 0.25) is 0 Å². The Kier molecular flexibility index (Phi) is 2.02. The third-order valence-corrected chi connectivity index (χ3v) is 1.50. The Morgan fingerprint density at radius 1 is 1.82 bits per heavy atom. The van der Waals surface area contributed by atoms with Crippen molar-refractivity contribution in [3.63, 3.8) is 0 Å². The Hall–Kier alpha value is -1.20. The Morgan fingerprint density at radius 3 is 3.00 bits per heavy atom. The standard InChI is InChI=1S/C9H10O2/c1-3-6-9(2,10)8-5-4-7-11-8/h1,4-5,7,10H,6H2,2H3/t9-/m0/s1. The van der Waals surface area contributed by atoms with Crippen LogP contribution in [0.1, 0.15) is 19.1 Å². The molecule has 0 aliphatic heterocycles. The van der Waals surface area contributed by atoms with E-state index in [1.807, 2.05) is 0 Å². The predicted molar refractivity (Wildman–Crippen MR) is 41.7 cm³/mol. The van der Waals surface area contributed by atoms with Gasteiger partial charge >= 0.3 is 0 Å². The molecular weight excluding hydrogens is 140 g/mol. The number of hydrogen-bond donors (Lipinski definition) is 1. The minimum atomic E-state index is -1.03. The number of terminal acetylenes is 1. The first-order chi connectivity index (χ1) is 5.17. The van der Waals surface area contributed by atoms with E-state index in [4.69, 9.17) is 10.8 Å². The summed E-state index contributed by atoms with van der Waals surface area (Å²) in [7, 11) is 0. The molecule has 1 aromatic rings. The smallest absolute Gasteiger partial charge is 0.136 e. The van der Waals surface area contributed by atoms with Gasteiger partial charge in [0.1, 0.15) is 11.4 Å². The van der Waals surface area contributed by atoms with Crippen molar-refractivity contribution in [2.75, 3.05) is 0 Å². The van der Waals surface area contributed by atoms with Crippen LogP contribution in [0.4, 0.5) is 0 Å². The second-order valence-electron chi connectivity index (χ2n) is 2.63. The minimum absolute atomic E-state index is 0.264. The minimum Gasteiger partial charge on any atom is -0.466 e. The van der Waals surface area contributed by atoms with E-state index in [2.05, 4.69) is 5.92 Å². The van der Waals surface area contributed by atoms with Crippen molar-refractivity contribution in [1.82, 2.24) is 0 Å². The second kappa shape index (κ2) is 2.81. The molecule has 2 heteroatoms. The highest BCUT2D eigenvalue weighted by molar-refractivity contribution is 5.11. The lowest BCUT2D eigenvalue weighted by molar-refractivity contribution is 0.0394. The molecule has 0 fully saturated rings. The first-order valence-corrected chi connectivity index (χ1v) is 3.36. The lowest BCUT2D eigenvalue weighted by atomic mass is 10.0. The maximum Gasteiger partial charge on any atom is 0.136 e. The molecule has 1 N–H and O–H groups in total. The van der Waals surface area contributed by atoms with E-state index in [0.29, 0.717) is 5.76 Å². The first kappa shape index (κ1) is 7.90. The van der Waals surface area contributed by atoms with Crippen molar-refractivity contribution >= 4 is 0 Å². The van der Waals surface area contributed by atoms with Gasteiger partial charge < -0.3 is 9.52 Å². The van der Waals surface area contributed by atoms with E-state index in [1.165, 1.54) is 6.26 Å². The van der Waals surface area contributed by atoms with Crippen LogP contribution in [0.3, 0.4) is 0 Å². The molecule has 1 atom stereocenters. The Labute approximate surface area is 65.8 Å². The average Bonchev–Trinajstić information content (AvgIpc) is 2.37. The van der Waals surface area contributed by atoms with E-state index < -0.39 is 5.60 Å². The van der Waals surface area contributed by atoms with Crippen molar-refractivity contribution in [3.05, 3.63) is 24.2 Å². The number of furan rings is 1. The van der Waals surface area contributed by atoms with Gasteiger partial charge in [-0.3, -0.25) is 0 Å². The molecule has 11 heavy (non-hydrogen) atoms. The quantitative estimate of drug-likeness (QED) is 0.648. The van der Waals surface area contributed by atoms with Crippen LogP contribution in [0.25, 0.3) is 0 Å². The van der Waals surface area contributed by atoms with Gasteiger partial charge in [0.2, 0.25) is 0 Å². The zero-order valence-corrected chi connectivity index (χ0v) is 6.37. The van der Waals surface area contributed by atoms with Gasteiger partial charge in [-0.05, 0) is 19.1 Å². The largest absolute Gasteiger partial charge is 0.466 e. The van der Waals surface area contributed by atoms with E-state index in [-0.39, 0.29) is 6.42 Å². The van der Waals surface area contributed by atoms with Crippen molar-refractivity contribution in [1.29, 1.82) is 0 Å². The Morgan fingerprint density at radius 2 is 2.55 bits per heavy atom. The van der Waals surface area contributed by atoms with Gasteiger partial charge in [0, 0.05) is 6.42 Å². The van der Waals surface area contributed by atoms with Crippen LogP contribution in [0.5, 0.6) is 0 Å². The van der Waals surface area contributed by atoms with Gasteiger partial charge in [-0.1, -0.05) is 0 Å². The summed E-state index contributed by atoms with van der Waals surface area (Å²) in [5.74, 6) is 2.90. The fraction of sp³-hybridized carbons (Fsp3) is 0.333.